The average Bonchev–Trinajstić information content (AvgIpc) is 2.67. The molecule has 2 heteroatoms. The van der Waals surface area contributed by atoms with Crippen molar-refractivity contribution in [2.24, 2.45) is 0 Å². The molecule has 0 saturated carbocycles. The fourth-order valence-corrected chi connectivity index (χ4v) is 2.77. The van der Waals surface area contributed by atoms with Gasteiger partial charge in [0.15, 0.2) is 0 Å². The van der Waals surface area contributed by atoms with Crippen molar-refractivity contribution in [3.63, 3.8) is 0 Å². The summed E-state index contributed by atoms with van der Waals surface area (Å²) in [7, 11) is 0. The first-order chi connectivity index (χ1) is 11.9. The van der Waals surface area contributed by atoms with E-state index < -0.39 is 0 Å². The van der Waals surface area contributed by atoms with Gasteiger partial charge in [0, 0.05) is 0 Å². The number of hydrogen-bond acceptors (Lipinski definition) is 2. The van der Waals surface area contributed by atoms with E-state index in [1.807, 2.05) is 60.7 Å². The predicted molar refractivity (Wildman–Crippen MR) is 96.1 cm³/mol. The lowest BCUT2D eigenvalue weighted by molar-refractivity contribution is 0.0432. The first-order valence-corrected chi connectivity index (χ1v) is 8.05. The van der Waals surface area contributed by atoms with E-state index in [0.717, 1.165) is 22.3 Å². The summed E-state index contributed by atoms with van der Waals surface area (Å²) in [5.74, 6) is 0. The van der Waals surface area contributed by atoms with Crippen molar-refractivity contribution in [1.82, 2.24) is 0 Å². The van der Waals surface area contributed by atoms with Crippen LogP contribution in [0, 0.1) is 11.3 Å². The summed E-state index contributed by atoms with van der Waals surface area (Å²) >= 11 is 0. The average molecular weight is 313 g/mol. The molecule has 0 saturated heterocycles. The molecule has 1 atom stereocenters. The lowest BCUT2D eigenvalue weighted by Crippen LogP contribution is -2.06. The Kier molecular flexibility index (Phi) is 5.40. The minimum atomic E-state index is -0.244. The number of hydrogen-bond donors (Lipinski definition) is 0. The van der Waals surface area contributed by atoms with Crippen LogP contribution >= 0.6 is 0 Å². The molecule has 3 rings (SSSR count). The zero-order valence-electron chi connectivity index (χ0n) is 13.4. The van der Waals surface area contributed by atoms with Gasteiger partial charge in [0.25, 0.3) is 0 Å². The van der Waals surface area contributed by atoms with E-state index in [-0.39, 0.29) is 6.10 Å². The van der Waals surface area contributed by atoms with Gasteiger partial charge >= 0.3 is 0 Å². The van der Waals surface area contributed by atoms with E-state index in [0.29, 0.717) is 13.0 Å². The maximum absolute atomic E-state index is 9.23. The van der Waals surface area contributed by atoms with Crippen molar-refractivity contribution in [3.05, 3.63) is 96.1 Å². The van der Waals surface area contributed by atoms with Crippen LogP contribution in [0.25, 0.3) is 11.1 Å². The standard InChI is InChI=1S/C22H19NO/c23-16-15-22(24-17-18-9-3-1-4-10-18)21-14-8-7-13-20(21)19-11-5-2-6-12-19/h1-14,22H,15,17H2. The molecule has 0 bridgehead atoms. The smallest absolute Gasteiger partial charge is 0.0965 e. The van der Waals surface area contributed by atoms with E-state index in [1.165, 1.54) is 0 Å². The topological polar surface area (TPSA) is 33.0 Å². The highest BCUT2D eigenvalue weighted by Gasteiger charge is 2.16. The monoisotopic (exact) mass is 313 g/mol. The summed E-state index contributed by atoms with van der Waals surface area (Å²) in [5.41, 5.74) is 4.42. The summed E-state index contributed by atoms with van der Waals surface area (Å²) in [6, 6.07) is 30.7. The van der Waals surface area contributed by atoms with Gasteiger partial charge in [-0.3, -0.25) is 0 Å². The Morgan fingerprint density at radius 2 is 1.42 bits per heavy atom. The van der Waals surface area contributed by atoms with E-state index in [2.05, 4.69) is 30.3 Å². The normalized spacial score (nSPS) is 11.6. The van der Waals surface area contributed by atoms with Crippen molar-refractivity contribution in [3.8, 4) is 17.2 Å². The highest BCUT2D eigenvalue weighted by Crippen LogP contribution is 2.32. The largest absolute Gasteiger partial charge is 0.368 e. The lowest BCUT2D eigenvalue weighted by Gasteiger charge is -2.19. The number of nitrogens with zero attached hydrogens (tertiary/aromatic N) is 1. The van der Waals surface area contributed by atoms with Crippen LogP contribution in [0.15, 0.2) is 84.9 Å². The SMILES string of the molecule is N#CCC(OCc1ccccc1)c1ccccc1-c1ccccc1. The zero-order chi connectivity index (χ0) is 16.6. The molecule has 0 aliphatic rings. The molecular weight excluding hydrogens is 294 g/mol. The fraction of sp³-hybridized carbons (Fsp3) is 0.136. The third-order valence-corrected chi connectivity index (χ3v) is 3.96. The van der Waals surface area contributed by atoms with Crippen LogP contribution < -0.4 is 0 Å². The first kappa shape index (κ1) is 16.0. The van der Waals surface area contributed by atoms with Crippen molar-refractivity contribution in [1.29, 1.82) is 5.26 Å². The van der Waals surface area contributed by atoms with Crippen LogP contribution in [0.5, 0.6) is 0 Å². The maximum Gasteiger partial charge on any atom is 0.0965 e. The Labute approximate surface area is 143 Å². The molecule has 1 unspecified atom stereocenters. The van der Waals surface area contributed by atoms with E-state index in [4.69, 9.17) is 4.74 Å². The third kappa shape index (κ3) is 3.90. The van der Waals surface area contributed by atoms with Gasteiger partial charge in [0.2, 0.25) is 0 Å². The van der Waals surface area contributed by atoms with Gasteiger partial charge in [-0.15, -0.1) is 0 Å². The minimum Gasteiger partial charge on any atom is -0.368 e. The number of ether oxygens (including phenoxy) is 1. The Balaban J connectivity index is 1.88. The summed E-state index contributed by atoms with van der Waals surface area (Å²) in [6.45, 7) is 0.496. The van der Waals surface area contributed by atoms with Crippen molar-refractivity contribution in [2.45, 2.75) is 19.1 Å². The van der Waals surface area contributed by atoms with Crippen LogP contribution in [-0.4, -0.2) is 0 Å². The van der Waals surface area contributed by atoms with Crippen LogP contribution in [0.1, 0.15) is 23.7 Å². The van der Waals surface area contributed by atoms with Crippen molar-refractivity contribution < 1.29 is 4.74 Å². The summed E-state index contributed by atoms with van der Waals surface area (Å²) in [4.78, 5) is 0. The summed E-state index contributed by atoms with van der Waals surface area (Å²) < 4.78 is 6.09. The van der Waals surface area contributed by atoms with Crippen molar-refractivity contribution in [2.75, 3.05) is 0 Å². The van der Waals surface area contributed by atoms with Crippen LogP contribution in [0.3, 0.4) is 0 Å². The number of nitriles is 1. The van der Waals surface area contributed by atoms with Gasteiger partial charge in [-0.2, -0.15) is 5.26 Å². The minimum absolute atomic E-state index is 0.244. The second kappa shape index (κ2) is 8.10. The molecule has 2 nitrogen and oxygen atoms in total. The molecule has 0 spiro atoms. The molecule has 24 heavy (non-hydrogen) atoms. The highest BCUT2D eigenvalue weighted by molar-refractivity contribution is 5.67. The van der Waals surface area contributed by atoms with Crippen LogP contribution in [-0.2, 0) is 11.3 Å². The molecule has 0 aliphatic carbocycles. The highest BCUT2D eigenvalue weighted by atomic mass is 16.5. The second-order valence-electron chi connectivity index (χ2n) is 5.60. The van der Waals surface area contributed by atoms with Gasteiger partial charge in [-0.25, -0.2) is 0 Å². The Bertz CT molecular complexity index is 806. The van der Waals surface area contributed by atoms with Gasteiger partial charge in [-0.05, 0) is 22.3 Å². The van der Waals surface area contributed by atoms with Gasteiger partial charge in [-0.1, -0.05) is 84.9 Å². The first-order valence-electron chi connectivity index (χ1n) is 8.05. The molecule has 118 valence electrons. The molecule has 0 N–H and O–H groups in total. The molecule has 3 aromatic carbocycles. The molecular formula is C22H19NO. The predicted octanol–water partition coefficient (Wildman–Crippen LogP) is 5.53. The van der Waals surface area contributed by atoms with E-state index >= 15 is 0 Å². The van der Waals surface area contributed by atoms with Gasteiger partial charge in [0.1, 0.15) is 0 Å². The molecule has 0 fully saturated rings. The second-order valence-corrected chi connectivity index (χ2v) is 5.60. The fourth-order valence-electron chi connectivity index (χ4n) is 2.77. The third-order valence-electron chi connectivity index (χ3n) is 3.96. The Morgan fingerprint density at radius 3 is 2.12 bits per heavy atom. The maximum atomic E-state index is 9.23. The molecule has 0 amide bonds. The quantitative estimate of drug-likeness (QED) is 0.600. The molecule has 0 aromatic heterocycles. The molecule has 0 aliphatic heterocycles. The molecule has 0 heterocycles. The number of benzene rings is 3. The van der Waals surface area contributed by atoms with Crippen LogP contribution in [0.4, 0.5) is 0 Å². The Morgan fingerprint density at radius 1 is 0.792 bits per heavy atom. The van der Waals surface area contributed by atoms with Crippen molar-refractivity contribution >= 4 is 0 Å². The molecule has 3 aromatic rings. The number of rotatable bonds is 6. The van der Waals surface area contributed by atoms with Crippen LogP contribution in [0.2, 0.25) is 0 Å². The van der Waals surface area contributed by atoms with Gasteiger partial charge < -0.3 is 4.74 Å². The zero-order valence-corrected chi connectivity index (χ0v) is 13.4. The van der Waals surface area contributed by atoms with E-state index in [9.17, 15) is 5.26 Å². The Hall–Kier alpha value is -2.89. The lowest BCUT2D eigenvalue weighted by atomic mass is 9.95. The van der Waals surface area contributed by atoms with Gasteiger partial charge in [0.05, 0.1) is 25.2 Å². The summed E-state index contributed by atoms with van der Waals surface area (Å²) in [6.07, 6.45) is 0.0862. The molecule has 0 radical (unpaired) electrons. The summed E-state index contributed by atoms with van der Waals surface area (Å²) in [5, 5.41) is 9.23. The van der Waals surface area contributed by atoms with E-state index in [1.54, 1.807) is 0 Å².